The van der Waals surface area contributed by atoms with Crippen molar-refractivity contribution in [3.8, 4) is 5.75 Å². The standard InChI is InChI=1S/C17H30N2O/c1-8-19(9-2)17(5,6)16(18)14-10-13(4)15(20-7)11-12(14)3/h10-11,16H,8-9,18H2,1-7H3. The third kappa shape index (κ3) is 3.15. The van der Waals surface area contributed by atoms with Crippen LogP contribution in [0.15, 0.2) is 12.1 Å². The van der Waals surface area contributed by atoms with Crippen molar-refractivity contribution in [3.63, 3.8) is 0 Å². The van der Waals surface area contributed by atoms with Gasteiger partial charge >= 0.3 is 0 Å². The van der Waals surface area contributed by atoms with Gasteiger partial charge in [-0.05, 0) is 63.5 Å². The SMILES string of the molecule is CCN(CC)C(C)(C)C(N)c1cc(C)c(OC)cc1C. The van der Waals surface area contributed by atoms with Crippen molar-refractivity contribution in [2.75, 3.05) is 20.2 Å². The van der Waals surface area contributed by atoms with Gasteiger partial charge in [0.15, 0.2) is 0 Å². The highest BCUT2D eigenvalue weighted by Crippen LogP contribution is 2.33. The smallest absolute Gasteiger partial charge is 0.122 e. The Hall–Kier alpha value is -1.06. The quantitative estimate of drug-likeness (QED) is 0.866. The molecule has 0 aromatic heterocycles. The van der Waals surface area contributed by atoms with Crippen molar-refractivity contribution in [1.82, 2.24) is 4.90 Å². The molecule has 1 atom stereocenters. The van der Waals surface area contributed by atoms with Crippen LogP contribution in [-0.2, 0) is 0 Å². The topological polar surface area (TPSA) is 38.5 Å². The zero-order valence-electron chi connectivity index (χ0n) is 14.1. The molecule has 114 valence electrons. The summed E-state index contributed by atoms with van der Waals surface area (Å²) in [6.07, 6.45) is 0. The minimum absolute atomic E-state index is 0.0213. The Morgan fingerprint density at radius 3 is 2.15 bits per heavy atom. The summed E-state index contributed by atoms with van der Waals surface area (Å²) in [7, 11) is 1.71. The fourth-order valence-electron chi connectivity index (χ4n) is 2.98. The maximum atomic E-state index is 6.60. The number of hydrogen-bond acceptors (Lipinski definition) is 3. The molecule has 1 aromatic rings. The zero-order valence-corrected chi connectivity index (χ0v) is 14.1. The predicted octanol–water partition coefficient (Wildman–Crippen LogP) is 3.43. The van der Waals surface area contributed by atoms with E-state index in [1.165, 1.54) is 11.1 Å². The summed E-state index contributed by atoms with van der Waals surface area (Å²) in [6.45, 7) is 15.0. The molecule has 1 unspecified atom stereocenters. The van der Waals surface area contributed by atoms with E-state index in [0.717, 1.165) is 24.4 Å². The van der Waals surface area contributed by atoms with Crippen LogP contribution in [0.5, 0.6) is 5.75 Å². The molecule has 1 aromatic carbocycles. The van der Waals surface area contributed by atoms with Crippen molar-refractivity contribution < 1.29 is 4.74 Å². The lowest BCUT2D eigenvalue weighted by atomic mass is 9.84. The van der Waals surface area contributed by atoms with Gasteiger partial charge < -0.3 is 10.5 Å². The van der Waals surface area contributed by atoms with E-state index in [2.05, 4.69) is 58.6 Å². The molecule has 0 heterocycles. The summed E-state index contributed by atoms with van der Waals surface area (Å²) in [5.74, 6) is 0.930. The fourth-order valence-corrected chi connectivity index (χ4v) is 2.98. The number of nitrogens with zero attached hydrogens (tertiary/aromatic N) is 1. The lowest BCUT2D eigenvalue weighted by Crippen LogP contribution is -2.51. The minimum atomic E-state index is -0.0741. The molecule has 0 fully saturated rings. The number of hydrogen-bond donors (Lipinski definition) is 1. The van der Waals surface area contributed by atoms with E-state index in [1.807, 2.05) is 0 Å². The first-order chi connectivity index (χ1) is 9.29. The Balaban J connectivity index is 3.20. The van der Waals surface area contributed by atoms with E-state index in [-0.39, 0.29) is 11.6 Å². The highest BCUT2D eigenvalue weighted by molar-refractivity contribution is 5.43. The first-order valence-corrected chi connectivity index (χ1v) is 7.45. The van der Waals surface area contributed by atoms with E-state index < -0.39 is 0 Å². The number of methoxy groups -OCH3 is 1. The number of ether oxygens (including phenoxy) is 1. The van der Waals surface area contributed by atoms with Gasteiger partial charge in [-0.15, -0.1) is 0 Å². The molecule has 0 saturated carbocycles. The molecular formula is C17H30N2O. The van der Waals surface area contributed by atoms with Crippen LogP contribution >= 0.6 is 0 Å². The number of rotatable bonds is 6. The van der Waals surface area contributed by atoms with Crippen molar-refractivity contribution in [3.05, 3.63) is 28.8 Å². The van der Waals surface area contributed by atoms with Crippen molar-refractivity contribution in [2.45, 2.75) is 53.1 Å². The highest BCUT2D eigenvalue weighted by Gasteiger charge is 2.33. The molecule has 0 spiro atoms. The van der Waals surface area contributed by atoms with Crippen LogP contribution in [-0.4, -0.2) is 30.6 Å². The van der Waals surface area contributed by atoms with Crippen molar-refractivity contribution in [2.24, 2.45) is 5.73 Å². The molecule has 0 aliphatic carbocycles. The Labute approximate surface area is 124 Å². The van der Waals surface area contributed by atoms with Gasteiger partial charge in [0.25, 0.3) is 0 Å². The number of nitrogens with two attached hydrogens (primary N) is 1. The molecule has 0 amide bonds. The van der Waals surface area contributed by atoms with Gasteiger partial charge in [0.2, 0.25) is 0 Å². The lowest BCUT2D eigenvalue weighted by molar-refractivity contribution is 0.106. The van der Waals surface area contributed by atoms with Crippen LogP contribution in [0.3, 0.4) is 0 Å². The predicted molar refractivity (Wildman–Crippen MR) is 86.4 cm³/mol. The molecule has 0 radical (unpaired) electrons. The van der Waals surface area contributed by atoms with Gasteiger partial charge in [0.05, 0.1) is 7.11 Å². The average molecular weight is 278 g/mol. The third-order valence-electron chi connectivity index (χ3n) is 4.46. The Bertz CT molecular complexity index is 451. The minimum Gasteiger partial charge on any atom is -0.496 e. The second-order valence-corrected chi connectivity index (χ2v) is 5.98. The van der Waals surface area contributed by atoms with Gasteiger partial charge in [-0.2, -0.15) is 0 Å². The van der Waals surface area contributed by atoms with Crippen LogP contribution in [0.2, 0.25) is 0 Å². The molecule has 0 saturated heterocycles. The number of likely N-dealkylation sites (N-methyl/N-ethyl adjacent to an activating group) is 1. The molecule has 0 aliphatic heterocycles. The largest absolute Gasteiger partial charge is 0.496 e. The number of aryl methyl sites for hydroxylation is 2. The summed E-state index contributed by atoms with van der Waals surface area (Å²) in [6, 6.07) is 4.24. The Morgan fingerprint density at radius 1 is 1.15 bits per heavy atom. The van der Waals surface area contributed by atoms with Gasteiger partial charge in [-0.25, -0.2) is 0 Å². The summed E-state index contributed by atoms with van der Waals surface area (Å²) in [5, 5.41) is 0. The Morgan fingerprint density at radius 2 is 1.70 bits per heavy atom. The molecule has 3 nitrogen and oxygen atoms in total. The van der Waals surface area contributed by atoms with Gasteiger partial charge in [-0.1, -0.05) is 19.9 Å². The van der Waals surface area contributed by atoms with Crippen molar-refractivity contribution >= 4 is 0 Å². The third-order valence-corrected chi connectivity index (χ3v) is 4.46. The van der Waals surface area contributed by atoms with Crippen LogP contribution in [0.25, 0.3) is 0 Å². The molecule has 1 rings (SSSR count). The monoisotopic (exact) mass is 278 g/mol. The normalized spacial score (nSPS) is 13.7. The van der Waals surface area contributed by atoms with Crippen LogP contribution in [0.1, 0.15) is 50.4 Å². The fraction of sp³-hybridized carbons (Fsp3) is 0.647. The van der Waals surface area contributed by atoms with Crippen LogP contribution < -0.4 is 10.5 Å². The number of benzene rings is 1. The van der Waals surface area contributed by atoms with Gasteiger partial charge in [0, 0.05) is 11.6 Å². The van der Waals surface area contributed by atoms with Crippen LogP contribution in [0, 0.1) is 13.8 Å². The lowest BCUT2D eigenvalue weighted by Gasteiger charge is -2.42. The summed E-state index contributed by atoms with van der Waals surface area (Å²) < 4.78 is 5.38. The molecule has 2 N–H and O–H groups in total. The molecule has 0 bridgehead atoms. The van der Waals surface area contributed by atoms with Gasteiger partial charge in [-0.3, -0.25) is 4.90 Å². The maximum Gasteiger partial charge on any atom is 0.122 e. The summed E-state index contributed by atoms with van der Waals surface area (Å²) >= 11 is 0. The summed E-state index contributed by atoms with van der Waals surface area (Å²) in [4.78, 5) is 2.41. The van der Waals surface area contributed by atoms with E-state index in [4.69, 9.17) is 10.5 Å². The first kappa shape index (κ1) is 17.0. The average Bonchev–Trinajstić information content (AvgIpc) is 2.41. The van der Waals surface area contributed by atoms with E-state index in [9.17, 15) is 0 Å². The molecule has 20 heavy (non-hydrogen) atoms. The van der Waals surface area contributed by atoms with E-state index in [0.29, 0.717) is 0 Å². The molecule has 0 aliphatic rings. The maximum absolute atomic E-state index is 6.60. The van der Waals surface area contributed by atoms with E-state index in [1.54, 1.807) is 7.11 Å². The molecular weight excluding hydrogens is 248 g/mol. The van der Waals surface area contributed by atoms with Crippen LogP contribution in [0.4, 0.5) is 0 Å². The zero-order chi connectivity index (χ0) is 15.5. The second kappa shape index (κ2) is 6.59. The molecule has 3 heteroatoms. The second-order valence-electron chi connectivity index (χ2n) is 5.98. The van der Waals surface area contributed by atoms with Gasteiger partial charge in [0.1, 0.15) is 5.75 Å². The van der Waals surface area contributed by atoms with Crippen molar-refractivity contribution in [1.29, 1.82) is 0 Å². The highest BCUT2D eigenvalue weighted by atomic mass is 16.5. The summed E-state index contributed by atoms with van der Waals surface area (Å²) in [5.41, 5.74) is 10.1. The van der Waals surface area contributed by atoms with E-state index >= 15 is 0 Å². The Kier molecular flexibility index (Phi) is 5.60. The first-order valence-electron chi connectivity index (χ1n) is 7.45.